The summed E-state index contributed by atoms with van der Waals surface area (Å²) in [5.41, 5.74) is 3.37. The van der Waals surface area contributed by atoms with E-state index in [1.807, 2.05) is 25.1 Å². The van der Waals surface area contributed by atoms with E-state index in [2.05, 4.69) is 20.8 Å². The number of para-hydroxylation sites is 1. The summed E-state index contributed by atoms with van der Waals surface area (Å²) in [6, 6.07) is 12.8. The number of thiazole rings is 1. The summed E-state index contributed by atoms with van der Waals surface area (Å²) in [5, 5.41) is 14.4. The van der Waals surface area contributed by atoms with Crippen molar-refractivity contribution in [2.24, 2.45) is 10.9 Å². The van der Waals surface area contributed by atoms with Crippen molar-refractivity contribution in [2.75, 3.05) is 20.2 Å². The highest BCUT2D eigenvalue weighted by atomic mass is 35.5. The van der Waals surface area contributed by atoms with Crippen LogP contribution in [0.4, 0.5) is 4.79 Å². The van der Waals surface area contributed by atoms with E-state index in [0.29, 0.717) is 33.5 Å². The lowest BCUT2D eigenvalue weighted by atomic mass is 9.97. The predicted octanol–water partition coefficient (Wildman–Crippen LogP) is 4.35. The minimum absolute atomic E-state index is 0.0877. The number of hydroxylamine groups is 1. The molecule has 3 N–H and O–H groups in total. The van der Waals surface area contributed by atoms with E-state index in [-0.39, 0.29) is 31.0 Å². The largest absolute Gasteiger partial charge is 0.496 e. The maximum Gasteiger partial charge on any atom is 0.355 e. The van der Waals surface area contributed by atoms with Crippen LogP contribution in [-0.4, -0.2) is 58.9 Å². The first-order valence-corrected chi connectivity index (χ1v) is 13.7. The van der Waals surface area contributed by atoms with Gasteiger partial charge >= 0.3 is 12.0 Å². The van der Waals surface area contributed by atoms with Crippen LogP contribution in [0.3, 0.4) is 0 Å². The van der Waals surface area contributed by atoms with E-state index in [1.165, 1.54) is 12.5 Å². The lowest BCUT2D eigenvalue weighted by Gasteiger charge is -2.26. The van der Waals surface area contributed by atoms with Gasteiger partial charge in [0.2, 0.25) is 5.91 Å². The minimum atomic E-state index is -1.16. The van der Waals surface area contributed by atoms with Crippen molar-refractivity contribution in [3.05, 3.63) is 75.2 Å². The zero-order valence-electron chi connectivity index (χ0n) is 21.8. The number of amides is 3. The topological polar surface area (TPSA) is 142 Å². The third kappa shape index (κ3) is 7.07. The van der Waals surface area contributed by atoms with E-state index >= 15 is 0 Å². The molecule has 13 heteroatoms. The van der Waals surface area contributed by atoms with E-state index in [4.69, 9.17) is 21.2 Å². The number of amidine groups is 1. The van der Waals surface area contributed by atoms with Crippen LogP contribution >= 0.6 is 22.9 Å². The van der Waals surface area contributed by atoms with Crippen LogP contribution < -0.4 is 20.4 Å². The number of carboxylic acid groups (broad SMARTS) is 1. The Morgan fingerprint density at radius 2 is 2.02 bits per heavy atom. The Bertz CT molecular complexity index is 1400. The molecule has 0 bridgehead atoms. The molecule has 4 rings (SSSR count). The van der Waals surface area contributed by atoms with Crippen molar-refractivity contribution in [3.8, 4) is 11.5 Å². The molecule has 0 radical (unpaired) electrons. The number of nitrogens with one attached hydrogen (secondary N) is 2. The van der Waals surface area contributed by atoms with Gasteiger partial charge in [0.05, 0.1) is 32.2 Å². The Kier molecular flexibility index (Phi) is 9.56. The second-order valence-corrected chi connectivity index (χ2v) is 10.2. The van der Waals surface area contributed by atoms with Crippen molar-refractivity contribution in [1.82, 2.24) is 20.7 Å². The molecule has 0 saturated carbocycles. The first-order chi connectivity index (χ1) is 19.3. The summed E-state index contributed by atoms with van der Waals surface area (Å²) in [6.07, 6.45) is 0.661. The number of ether oxygens (including phenoxy) is 1. The summed E-state index contributed by atoms with van der Waals surface area (Å²) in [5.74, 6) is -0.927. The fraction of sp³-hybridized carbons (Fsp3) is 0.296. The highest BCUT2D eigenvalue weighted by molar-refractivity contribution is 7.09. The summed E-state index contributed by atoms with van der Waals surface area (Å²) in [7, 11) is 1.53. The molecule has 0 spiro atoms. The molecule has 2 atom stereocenters. The lowest BCUT2D eigenvalue weighted by molar-refractivity contribution is -0.131. The number of carboxylic acids is 1. The van der Waals surface area contributed by atoms with Crippen LogP contribution in [-0.2, 0) is 11.2 Å². The Balaban J connectivity index is 1.58. The molecular weight excluding hydrogens is 558 g/mol. The van der Waals surface area contributed by atoms with Crippen molar-refractivity contribution in [3.63, 3.8) is 0 Å². The molecule has 1 aliphatic heterocycles. The third-order valence-electron chi connectivity index (χ3n) is 6.15. The lowest BCUT2D eigenvalue weighted by Crippen LogP contribution is -2.50. The normalized spacial score (nSPS) is 16.0. The zero-order valence-corrected chi connectivity index (χ0v) is 23.4. The number of aromatic nitrogens is 1. The van der Waals surface area contributed by atoms with E-state index < -0.39 is 29.9 Å². The summed E-state index contributed by atoms with van der Waals surface area (Å²) in [4.78, 5) is 53.9. The van der Waals surface area contributed by atoms with Crippen molar-refractivity contribution in [1.29, 1.82) is 0 Å². The van der Waals surface area contributed by atoms with E-state index in [0.717, 1.165) is 16.2 Å². The van der Waals surface area contributed by atoms with Gasteiger partial charge in [-0.1, -0.05) is 36.7 Å². The van der Waals surface area contributed by atoms with Crippen LogP contribution in [0.1, 0.15) is 40.4 Å². The van der Waals surface area contributed by atoms with Crippen molar-refractivity contribution >= 4 is 46.7 Å². The predicted molar refractivity (Wildman–Crippen MR) is 150 cm³/mol. The number of aromatic carboxylic acids is 1. The minimum Gasteiger partial charge on any atom is -0.496 e. The molecule has 0 aliphatic carbocycles. The van der Waals surface area contributed by atoms with Crippen LogP contribution in [0.15, 0.2) is 58.9 Å². The molecule has 0 fully saturated rings. The maximum atomic E-state index is 13.8. The molecule has 210 valence electrons. The van der Waals surface area contributed by atoms with Crippen molar-refractivity contribution in [2.45, 2.75) is 25.8 Å². The average molecular weight is 586 g/mol. The molecule has 1 aromatic heterocycles. The molecule has 1 aliphatic rings. The fourth-order valence-electron chi connectivity index (χ4n) is 4.07. The monoisotopic (exact) mass is 585 g/mol. The van der Waals surface area contributed by atoms with Gasteiger partial charge in [-0.25, -0.2) is 20.1 Å². The molecule has 11 nitrogen and oxygen atoms in total. The summed E-state index contributed by atoms with van der Waals surface area (Å²) >= 11 is 7.33. The molecule has 0 unspecified atom stereocenters. The van der Waals surface area contributed by atoms with Gasteiger partial charge in [-0.3, -0.25) is 14.7 Å². The smallest absolute Gasteiger partial charge is 0.355 e. The number of nitrogens with zero attached hydrogens (tertiary/aromatic N) is 3. The maximum absolute atomic E-state index is 13.8. The fourth-order valence-corrected chi connectivity index (χ4v) is 5.20. The van der Waals surface area contributed by atoms with Gasteiger partial charge < -0.3 is 20.0 Å². The number of halogens is 1. The van der Waals surface area contributed by atoms with Gasteiger partial charge in [0.15, 0.2) is 17.3 Å². The highest BCUT2D eigenvalue weighted by Gasteiger charge is 2.34. The number of hydrogen-bond acceptors (Lipinski definition) is 9. The quantitative estimate of drug-likeness (QED) is 0.315. The Morgan fingerprint density at radius 3 is 2.70 bits per heavy atom. The average Bonchev–Trinajstić information content (AvgIpc) is 3.40. The summed E-state index contributed by atoms with van der Waals surface area (Å²) < 4.78 is 5.45. The molecule has 3 aromatic rings. The Hall–Kier alpha value is -4.16. The number of aliphatic imine (C=N–C) groups is 1. The highest BCUT2D eigenvalue weighted by Crippen LogP contribution is 2.27. The molecule has 2 heterocycles. The van der Waals surface area contributed by atoms with Crippen LogP contribution in [0.5, 0.6) is 11.5 Å². The number of carbonyl (C=O) groups is 3. The number of methoxy groups -OCH3 is 1. The van der Waals surface area contributed by atoms with Gasteiger partial charge in [0, 0.05) is 10.4 Å². The molecule has 2 aromatic carbocycles. The van der Waals surface area contributed by atoms with Crippen LogP contribution in [0, 0.1) is 5.92 Å². The Morgan fingerprint density at radius 1 is 1.25 bits per heavy atom. The molecular formula is C27H28ClN5O6S. The van der Waals surface area contributed by atoms with E-state index in [9.17, 15) is 19.5 Å². The number of carbonyl (C=O) groups excluding carboxylic acids is 2. The number of urea groups is 1. The van der Waals surface area contributed by atoms with Gasteiger partial charge in [0.25, 0.3) is 0 Å². The van der Waals surface area contributed by atoms with Crippen LogP contribution in [0.2, 0.25) is 5.02 Å². The van der Waals surface area contributed by atoms with Crippen molar-refractivity contribution < 1.29 is 29.1 Å². The van der Waals surface area contributed by atoms with Gasteiger partial charge in [-0.15, -0.1) is 11.3 Å². The number of hydrogen-bond donors (Lipinski definition) is 3. The summed E-state index contributed by atoms with van der Waals surface area (Å²) in [6.45, 7) is 1.74. The Labute approximate surface area is 239 Å². The number of imide groups is 1. The van der Waals surface area contributed by atoms with Gasteiger partial charge in [-0.2, -0.15) is 0 Å². The van der Waals surface area contributed by atoms with Gasteiger partial charge in [0.1, 0.15) is 10.8 Å². The van der Waals surface area contributed by atoms with Crippen LogP contribution in [0.25, 0.3) is 0 Å². The SMILES string of the molecule is CC[C@@H](NC(=O)N1CC(NOc2ccccc2)=NC[C@@H](Cc2cc(Cl)ccc2OC)C1=O)c1nc(C(=O)O)cs1. The zero-order chi connectivity index (χ0) is 28.6. The first kappa shape index (κ1) is 28.8. The second kappa shape index (κ2) is 13.3. The standard InChI is InChI=1S/C27H28ClN5O6S/c1-3-20(24-30-21(15-40-24)26(35)36)31-27(37)33-14-23(32-39-19-7-5-4-6-8-19)29-13-17(25(33)34)11-16-12-18(28)9-10-22(16)38-2/h4-10,12,15,17,20H,3,11,13-14H2,1-2H3,(H,29,32)(H,31,37)(H,35,36)/t17-,20-/m1/s1. The molecule has 40 heavy (non-hydrogen) atoms. The molecule has 0 saturated heterocycles. The van der Waals surface area contributed by atoms with E-state index in [1.54, 1.807) is 30.3 Å². The number of rotatable bonds is 9. The molecule has 3 amide bonds. The first-order valence-electron chi connectivity index (χ1n) is 12.4. The number of benzene rings is 2. The third-order valence-corrected chi connectivity index (χ3v) is 7.35. The second-order valence-electron chi connectivity index (χ2n) is 8.87. The van der Waals surface area contributed by atoms with Gasteiger partial charge in [-0.05, 0) is 48.7 Å².